The molecule has 4 heterocycles. The molecule has 2 atom stereocenters. The summed E-state index contributed by atoms with van der Waals surface area (Å²) >= 11 is 0. The number of nitrogens with one attached hydrogen (secondary N) is 1. The van der Waals surface area contributed by atoms with Crippen LogP contribution in [0, 0.1) is 0 Å². The third-order valence-electron chi connectivity index (χ3n) is 5.01. The van der Waals surface area contributed by atoms with Crippen molar-refractivity contribution in [2.75, 3.05) is 25.0 Å². The number of hydrogen-bond acceptors (Lipinski definition) is 4. The summed E-state index contributed by atoms with van der Waals surface area (Å²) in [5, 5.41) is 3.48. The summed E-state index contributed by atoms with van der Waals surface area (Å²) in [7, 11) is 1.90. The van der Waals surface area contributed by atoms with Crippen LogP contribution in [0.1, 0.15) is 23.3 Å². The lowest BCUT2D eigenvalue weighted by Crippen LogP contribution is -2.36. The zero-order chi connectivity index (χ0) is 16.6. The van der Waals surface area contributed by atoms with Crippen molar-refractivity contribution in [3.05, 3.63) is 48.5 Å². The number of amides is 1. The second-order valence-electron chi connectivity index (χ2n) is 6.76. The van der Waals surface area contributed by atoms with Gasteiger partial charge in [-0.05, 0) is 30.7 Å². The molecule has 24 heavy (non-hydrogen) atoms. The number of carbonyl (C=O) groups is 1. The SMILES string of the molecule is Cn1cccc1C(=O)N1CC[C@]2(C[C@H](Nc3cccnc3)CO2)C1. The first-order chi connectivity index (χ1) is 11.7. The molecule has 0 aliphatic carbocycles. The van der Waals surface area contributed by atoms with Crippen molar-refractivity contribution in [3.63, 3.8) is 0 Å². The van der Waals surface area contributed by atoms with Crippen LogP contribution in [0.4, 0.5) is 5.69 Å². The van der Waals surface area contributed by atoms with Crippen molar-refractivity contribution in [1.82, 2.24) is 14.5 Å². The van der Waals surface area contributed by atoms with E-state index in [2.05, 4.69) is 10.3 Å². The highest BCUT2D eigenvalue weighted by Gasteiger charge is 2.47. The molecule has 2 aromatic rings. The van der Waals surface area contributed by atoms with E-state index in [1.807, 2.05) is 53.2 Å². The molecule has 2 fully saturated rings. The van der Waals surface area contributed by atoms with Crippen LogP contribution in [0.3, 0.4) is 0 Å². The Morgan fingerprint density at radius 2 is 2.33 bits per heavy atom. The number of nitrogens with zero attached hydrogens (tertiary/aromatic N) is 3. The van der Waals surface area contributed by atoms with Crippen LogP contribution in [0.25, 0.3) is 0 Å². The molecule has 2 saturated heterocycles. The predicted molar refractivity (Wildman–Crippen MR) is 90.9 cm³/mol. The first-order valence-electron chi connectivity index (χ1n) is 8.36. The lowest BCUT2D eigenvalue weighted by Gasteiger charge is -2.23. The molecule has 1 N–H and O–H groups in total. The molecule has 0 radical (unpaired) electrons. The van der Waals surface area contributed by atoms with Gasteiger partial charge in [0.2, 0.25) is 0 Å². The van der Waals surface area contributed by atoms with Crippen molar-refractivity contribution in [3.8, 4) is 0 Å². The van der Waals surface area contributed by atoms with Crippen LogP contribution < -0.4 is 5.32 Å². The second kappa shape index (κ2) is 5.94. The van der Waals surface area contributed by atoms with Crippen LogP contribution in [0.2, 0.25) is 0 Å². The average Bonchev–Trinajstić information content (AvgIpc) is 3.30. The van der Waals surface area contributed by atoms with E-state index in [1.54, 1.807) is 6.20 Å². The number of aryl methyl sites for hydroxylation is 1. The minimum atomic E-state index is -0.208. The molecular weight excluding hydrogens is 304 g/mol. The van der Waals surface area contributed by atoms with Gasteiger partial charge in [-0.3, -0.25) is 9.78 Å². The Bertz CT molecular complexity index is 730. The number of likely N-dealkylation sites (tertiary alicyclic amines) is 1. The van der Waals surface area contributed by atoms with E-state index in [0.29, 0.717) is 13.2 Å². The van der Waals surface area contributed by atoms with Gasteiger partial charge in [-0.25, -0.2) is 0 Å². The van der Waals surface area contributed by atoms with Crippen LogP contribution >= 0.6 is 0 Å². The Morgan fingerprint density at radius 1 is 1.42 bits per heavy atom. The van der Waals surface area contributed by atoms with Crippen molar-refractivity contribution >= 4 is 11.6 Å². The Hall–Kier alpha value is -2.34. The van der Waals surface area contributed by atoms with Crippen molar-refractivity contribution in [2.45, 2.75) is 24.5 Å². The van der Waals surface area contributed by atoms with Crippen LogP contribution in [0.5, 0.6) is 0 Å². The number of pyridine rings is 1. The Labute approximate surface area is 141 Å². The summed E-state index contributed by atoms with van der Waals surface area (Å²) in [4.78, 5) is 18.7. The van der Waals surface area contributed by atoms with E-state index < -0.39 is 0 Å². The second-order valence-corrected chi connectivity index (χ2v) is 6.76. The molecule has 1 spiro atoms. The summed E-state index contributed by atoms with van der Waals surface area (Å²) in [5.74, 6) is 0.0895. The lowest BCUT2D eigenvalue weighted by atomic mass is 9.97. The van der Waals surface area contributed by atoms with E-state index in [0.717, 1.165) is 30.8 Å². The normalized spacial score (nSPS) is 26.2. The van der Waals surface area contributed by atoms with Gasteiger partial charge < -0.3 is 19.5 Å². The maximum atomic E-state index is 12.7. The molecule has 2 aliphatic heterocycles. The van der Waals surface area contributed by atoms with Gasteiger partial charge in [0.25, 0.3) is 5.91 Å². The van der Waals surface area contributed by atoms with Gasteiger partial charge in [0.1, 0.15) is 5.69 Å². The standard InChI is InChI=1S/C18H22N4O2/c1-21-8-3-5-16(21)17(23)22-9-6-18(13-22)10-15(12-24-18)20-14-4-2-7-19-11-14/h2-5,7-8,11,15,20H,6,9-10,12-13H2,1H3/t15-,18-/m0/s1. The van der Waals surface area contributed by atoms with Gasteiger partial charge in [0.15, 0.2) is 0 Å². The molecule has 126 valence electrons. The summed E-state index contributed by atoms with van der Waals surface area (Å²) in [6.07, 6.45) is 7.30. The number of anilines is 1. The minimum Gasteiger partial charge on any atom is -0.379 e. The molecule has 0 bridgehead atoms. The van der Waals surface area contributed by atoms with Crippen molar-refractivity contribution < 1.29 is 9.53 Å². The topological polar surface area (TPSA) is 59.4 Å². The largest absolute Gasteiger partial charge is 0.379 e. The van der Waals surface area contributed by atoms with Crippen molar-refractivity contribution in [1.29, 1.82) is 0 Å². The molecule has 0 aromatic carbocycles. The molecule has 6 heteroatoms. The fourth-order valence-corrected chi connectivity index (χ4v) is 3.77. The molecule has 2 aromatic heterocycles. The van der Waals surface area contributed by atoms with Crippen LogP contribution in [-0.4, -0.2) is 51.7 Å². The molecule has 0 unspecified atom stereocenters. The summed E-state index contributed by atoms with van der Waals surface area (Å²) in [6, 6.07) is 7.97. The van der Waals surface area contributed by atoms with E-state index >= 15 is 0 Å². The number of aromatic nitrogens is 2. The average molecular weight is 326 g/mol. The predicted octanol–water partition coefficient (Wildman–Crippen LogP) is 1.91. The van der Waals surface area contributed by atoms with Gasteiger partial charge in [-0.1, -0.05) is 0 Å². The highest BCUT2D eigenvalue weighted by Crippen LogP contribution is 2.36. The van der Waals surface area contributed by atoms with E-state index in [9.17, 15) is 4.79 Å². The number of rotatable bonds is 3. The van der Waals surface area contributed by atoms with Gasteiger partial charge >= 0.3 is 0 Å². The third-order valence-corrected chi connectivity index (χ3v) is 5.01. The highest BCUT2D eigenvalue weighted by atomic mass is 16.5. The monoisotopic (exact) mass is 326 g/mol. The molecule has 0 saturated carbocycles. The zero-order valence-electron chi connectivity index (χ0n) is 13.8. The molecular formula is C18H22N4O2. The number of carbonyl (C=O) groups excluding carboxylic acids is 1. The van der Waals surface area contributed by atoms with E-state index in [-0.39, 0.29) is 17.6 Å². The molecule has 1 amide bonds. The molecule has 2 aliphatic rings. The summed E-state index contributed by atoms with van der Waals surface area (Å²) in [5.41, 5.74) is 1.54. The Balaban J connectivity index is 1.40. The molecule has 4 rings (SSSR count). The molecule has 6 nitrogen and oxygen atoms in total. The summed E-state index contributed by atoms with van der Waals surface area (Å²) in [6.45, 7) is 2.09. The van der Waals surface area contributed by atoms with Gasteiger partial charge in [0, 0.05) is 38.6 Å². The first kappa shape index (κ1) is 15.2. The fourth-order valence-electron chi connectivity index (χ4n) is 3.77. The van der Waals surface area contributed by atoms with Gasteiger partial charge in [-0.2, -0.15) is 0 Å². The number of hydrogen-bond donors (Lipinski definition) is 1. The zero-order valence-corrected chi connectivity index (χ0v) is 13.8. The maximum Gasteiger partial charge on any atom is 0.270 e. The Morgan fingerprint density at radius 3 is 3.08 bits per heavy atom. The fraction of sp³-hybridized carbons (Fsp3) is 0.444. The van der Waals surface area contributed by atoms with E-state index in [1.165, 1.54) is 0 Å². The summed E-state index contributed by atoms with van der Waals surface area (Å²) < 4.78 is 8.00. The third kappa shape index (κ3) is 2.78. The smallest absolute Gasteiger partial charge is 0.270 e. The highest BCUT2D eigenvalue weighted by molar-refractivity contribution is 5.93. The minimum absolute atomic E-state index is 0.0895. The Kier molecular flexibility index (Phi) is 3.76. The van der Waals surface area contributed by atoms with Crippen molar-refractivity contribution in [2.24, 2.45) is 7.05 Å². The number of ether oxygens (including phenoxy) is 1. The maximum absolute atomic E-state index is 12.7. The van der Waals surface area contributed by atoms with Crippen LogP contribution in [-0.2, 0) is 11.8 Å². The quantitative estimate of drug-likeness (QED) is 0.936. The van der Waals surface area contributed by atoms with Gasteiger partial charge in [0.05, 0.1) is 30.5 Å². The van der Waals surface area contributed by atoms with Gasteiger partial charge in [-0.15, -0.1) is 0 Å². The first-order valence-corrected chi connectivity index (χ1v) is 8.36. The van der Waals surface area contributed by atoms with E-state index in [4.69, 9.17) is 4.74 Å². The lowest BCUT2D eigenvalue weighted by molar-refractivity contribution is 0.0124. The van der Waals surface area contributed by atoms with Crippen LogP contribution in [0.15, 0.2) is 42.9 Å².